The summed E-state index contributed by atoms with van der Waals surface area (Å²) in [6.07, 6.45) is 2.35. The summed E-state index contributed by atoms with van der Waals surface area (Å²) in [5.74, 6) is -0.476. The van der Waals surface area contributed by atoms with Crippen LogP contribution in [0, 0.1) is 0 Å². The second-order valence-corrected chi connectivity index (χ2v) is 5.23. The van der Waals surface area contributed by atoms with Gasteiger partial charge in [0.1, 0.15) is 12.4 Å². The Bertz CT molecular complexity index is 859. The summed E-state index contributed by atoms with van der Waals surface area (Å²) in [5, 5.41) is 9.30. The first kappa shape index (κ1) is 16.6. The van der Waals surface area contributed by atoms with Gasteiger partial charge in [-0.2, -0.15) is 8.78 Å². The van der Waals surface area contributed by atoms with Crippen molar-refractivity contribution in [1.82, 2.24) is 9.55 Å². The summed E-state index contributed by atoms with van der Waals surface area (Å²) >= 11 is 0. The molecule has 2 aromatic carbocycles. The van der Waals surface area contributed by atoms with E-state index in [0.717, 1.165) is 17.3 Å². The van der Waals surface area contributed by atoms with Crippen molar-refractivity contribution in [1.29, 1.82) is 0 Å². The highest BCUT2D eigenvalue weighted by atomic mass is 19.3. The molecule has 0 aliphatic heterocycles. The first-order valence-corrected chi connectivity index (χ1v) is 7.41. The zero-order chi connectivity index (χ0) is 17.8. The summed E-state index contributed by atoms with van der Waals surface area (Å²) in [6.45, 7) is -3.07. The molecule has 0 bridgehead atoms. The zero-order valence-corrected chi connectivity index (χ0v) is 13.0. The fourth-order valence-electron chi connectivity index (χ4n) is 2.30. The quantitative estimate of drug-likeness (QED) is 0.711. The predicted molar refractivity (Wildman–Crippen MR) is 86.1 cm³/mol. The number of benzene rings is 2. The molecule has 1 heterocycles. The summed E-state index contributed by atoms with van der Waals surface area (Å²) < 4.78 is 31.1. The van der Waals surface area contributed by atoms with Gasteiger partial charge in [0.25, 0.3) is 0 Å². The number of ether oxygens (including phenoxy) is 1. The van der Waals surface area contributed by atoms with Crippen molar-refractivity contribution in [3.05, 3.63) is 72.3 Å². The van der Waals surface area contributed by atoms with Crippen molar-refractivity contribution in [3.8, 4) is 16.9 Å². The van der Waals surface area contributed by atoms with E-state index in [1.54, 1.807) is 48.5 Å². The van der Waals surface area contributed by atoms with Gasteiger partial charge in [0.05, 0.1) is 5.56 Å². The minimum absolute atomic E-state index is 0.0240. The minimum atomic E-state index is -2.74. The molecule has 0 saturated carbocycles. The van der Waals surface area contributed by atoms with Gasteiger partial charge in [0.15, 0.2) is 5.82 Å². The van der Waals surface area contributed by atoms with Crippen LogP contribution in [0.5, 0.6) is 5.75 Å². The first-order chi connectivity index (χ1) is 12.0. The third-order valence-corrected chi connectivity index (χ3v) is 3.61. The van der Waals surface area contributed by atoms with Gasteiger partial charge in [-0.3, -0.25) is 4.57 Å². The molecular weight excluding hydrogens is 330 g/mol. The highest BCUT2D eigenvalue weighted by Gasteiger charge is 2.14. The van der Waals surface area contributed by atoms with Crippen molar-refractivity contribution >= 4 is 5.97 Å². The van der Waals surface area contributed by atoms with Crippen molar-refractivity contribution in [2.24, 2.45) is 0 Å². The number of rotatable bonds is 5. The SMILES string of the molecule is O=C(OCc1nccn1C(F)F)c1ccc(-c2ccc(O)cc2)cc1. The number of nitrogens with zero attached hydrogens (tertiary/aromatic N) is 2. The van der Waals surface area contributed by atoms with E-state index >= 15 is 0 Å². The van der Waals surface area contributed by atoms with Crippen molar-refractivity contribution < 1.29 is 23.4 Å². The Morgan fingerprint density at radius 2 is 1.68 bits per heavy atom. The van der Waals surface area contributed by atoms with Crippen LogP contribution in [0.4, 0.5) is 8.78 Å². The van der Waals surface area contributed by atoms with E-state index in [1.165, 1.54) is 6.20 Å². The number of halogens is 2. The van der Waals surface area contributed by atoms with Gasteiger partial charge >= 0.3 is 12.5 Å². The summed E-state index contributed by atoms with van der Waals surface area (Å²) in [7, 11) is 0. The average molecular weight is 344 g/mol. The van der Waals surface area contributed by atoms with Crippen LogP contribution in [-0.4, -0.2) is 20.6 Å². The molecule has 0 amide bonds. The van der Waals surface area contributed by atoms with Gasteiger partial charge in [0.2, 0.25) is 0 Å². The maximum absolute atomic E-state index is 12.7. The summed E-state index contributed by atoms with van der Waals surface area (Å²) in [5.41, 5.74) is 2.05. The Kier molecular flexibility index (Phi) is 4.74. The first-order valence-electron chi connectivity index (χ1n) is 7.41. The van der Waals surface area contributed by atoms with Crippen molar-refractivity contribution in [2.75, 3.05) is 0 Å². The molecule has 0 aliphatic carbocycles. The van der Waals surface area contributed by atoms with Gasteiger partial charge in [-0.05, 0) is 35.4 Å². The Morgan fingerprint density at radius 3 is 2.28 bits per heavy atom. The van der Waals surface area contributed by atoms with Crippen LogP contribution in [0.2, 0.25) is 0 Å². The van der Waals surface area contributed by atoms with Crippen LogP contribution in [0.3, 0.4) is 0 Å². The smallest absolute Gasteiger partial charge is 0.338 e. The molecule has 0 saturated heterocycles. The number of imidazole rings is 1. The monoisotopic (exact) mass is 344 g/mol. The standard InChI is InChI=1S/C18H14F2N2O3/c19-18(20)22-10-9-21-16(22)11-25-17(24)14-3-1-12(2-4-14)13-5-7-15(23)8-6-13/h1-10,18,23H,11H2. The number of alkyl halides is 2. The largest absolute Gasteiger partial charge is 0.508 e. The number of carbonyl (C=O) groups is 1. The highest BCUT2D eigenvalue weighted by Crippen LogP contribution is 2.22. The van der Waals surface area contributed by atoms with Crippen LogP contribution in [-0.2, 0) is 11.3 Å². The van der Waals surface area contributed by atoms with E-state index in [1.807, 2.05) is 0 Å². The molecule has 0 spiro atoms. The molecule has 7 heteroatoms. The van der Waals surface area contributed by atoms with Crippen LogP contribution < -0.4 is 0 Å². The number of hydrogen-bond acceptors (Lipinski definition) is 4. The maximum Gasteiger partial charge on any atom is 0.338 e. The molecule has 3 aromatic rings. The number of phenolic OH excluding ortho intramolecular Hbond substituents is 1. The van der Waals surface area contributed by atoms with E-state index in [0.29, 0.717) is 10.1 Å². The minimum Gasteiger partial charge on any atom is -0.508 e. The molecule has 0 fully saturated rings. The third-order valence-electron chi connectivity index (χ3n) is 3.61. The van der Waals surface area contributed by atoms with E-state index in [9.17, 15) is 18.7 Å². The number of esters is 1. The fraction of sp³-hybridized carbons (Fsp3) is 0.111. The molecular formula is C18H14F2N2O3. The molecule has 3 rings (SSSR count). The number of aromatic nitrogens is 2. The second-order valence-electron chi connectivity index (χ2n) is 5.23. The van der Waals surface area contributed by atoms with E-state index in [4.69, 9.17) is 4.74 Å². The van der Waals surface area contributed by atoms with Gasteiger partial charge in [-0.1, -0.05) is 24.3 Å². The van der Waals surface area contributed by atoms with Gasteiger partial charge < -0.3 is 9.84 Å². The molecule has 1 aromatic heterocycles. The second kappa shape index (κ2) is 7.12. The van der Waals surface area contributed by atoms with Crippen LogP contribution >= 0.6 is 0 Å². The normalized spacial score (nSPS) is 10.8. The topological polar surface area (TPSA) is 64.3 Å². The van der Waals surface area contributed by atoms with Gasteiger partial charge in [-0.15, -0.1) is 0 Å². The highest BCUT2D eigenvalue weighted by molar-refractivity contribution is 5.90. The van der Waals surface area contributed by atoms with Crippen molar-refractivity contribution in [3.63, 3.8) is 0 Å². The average Bonchev–Trinajstić information content (AvgIpc) is 3.09. The summed E-state index contributed by atoms with van der Waals surface area (Å²) in [6, 6.07) is 13.3. The zero-order valence-electron chi connectivity index (χ0n) is 13.0. The van der Waals surface area contributed by atoms with Crippen LogP contribution in [0.15, 0.2) is 60.9 Å². The van der Waals surface area contributed by atoms with Gasteiger partial charge in [-0.25, -0.2) is 9.78 Å². The number of hydrogen-bond donors (Lipinski definition) is 1. The molecule has 0 atom stereocenters. The van der Waals surface area contributed by atoms with Crippen LogP contribution in [0.25, 0.3) is 11.1 Å². The Labute approximate surface area is 142 Å². The molecule has 0 unspecified atom stereocenters. The maximum atomic E-state index is 12.7. The lowest BCUT2D eigenvalue weighted by Crippen LogP contribution is -2.10. The lowest BCUT2D eigenvalue weighted by molar-refractivity contribution is 0.0376. The number of carbonyl (C=O) groups excluding carboxylic acids is 1. The predicted octanol–water partition coefficient (Wildman–Crippen LogP) is 4.01. The lowest BCUT2D eigenvalue weighted by Gasteiger charge is -2.08. The Balaban J connectivity index is 1.66. The van der Waals surface area contributed by atoms with E-state index < -0.39 is 12.5 Å². The van der Waals surface area contributed by atoms with Crippen molar-refractivity contribution in [2.45, 2.75) is 13.2 Å². The molecule has 5 nitrogen and oxygen atoms in total. The number of phenols is 1. The van der Waals surface area contributed by atoms with E-state index in [-0.39, 0.29) is 18.2 Å². The van der Waals surface area contributed by atoms with Crippen LogP contribution in [0.1, 0.15) is 22.7 Å². The Morgan fingerprint density at radius 1 is 1.08 bits per heavy atom. The molecule has 0 aliphatic rings. The van der Waals surface area contributed by atoms with Gasteiger partial charge in [0, 0.05) is 12.4 Å². The molecule has 128 valence electrons. The third kappa shape index (κ3) is 3.82. The lowest BCUT2D eigenvalue weighted by atomic mass is 10.0. The molecule has 25 heavy (non-hydrogen) atoms. The Hall–Kier alpha value is -3.22. The fourth-order valence-corrected chi connectivity index (χ4v) is 2.30. The number of aromatic hydroxyl groups is 1. The molecule has 0 radical (unpaired) electrons. The molecule has 1 N–H and O–H groups in total. The van der Waals surface area contributed by atoms with E-state index in [2.05, 4.69) is 4.98 Å². The summed E-state index contributed by atoms with van der Waals surface area (Å²) in [4.78, 5) is 15.8.